The van der Waals surface area contributed by atoms with Crippen molar-refractivity contribution in [3.05, 3.63) is 23.8 Å². The lowest BCUT2D eigenvalue weighted by molar-refractivity contribution is 0.0107. The van der Waals surface area contributed by atoms with Crippen molar-refractivity contribution >= 4 is 19.7 Å². The summed E-state index contributed by atoms with van der Waals surface area (Å²) in [5.74, 6) is 2.81. The molecule has 3 nitrogen and oxygen atoms in total. The quantitative estimate of drug-likeness (QED) is 0.336. The van der Waals surface area contributed by atoms with Crippen LogP contribution in [-0.4, -0.2) is 13.9 Å². The van der Waals surface area contributed by atoms with E-state index in [1.807, 2.05) is 0 Å². The molecule has 0 aliphatic heterocycles. The molecule has 0 radical (unpaired) electrons. The lowest BCUT2D eigenvalue weighted by Gasteiger charge is -2.57. The second kappa shape index (κ2) is 8.16. The van der Waals surface area contributed by atoms with Crippen LogP contribution in [0.1, 0.15) is 85.6 Å². The molecule has 4 saturated carbocycles. The summed E-state index contributed by atoms with van der Waals surface area (Å²) in [6.07, 6.45) is 8.42. The largest absolute Gasteiger partial charge is 0.412 e. The zero-order valence-electron chi connectivity index (χ0n) is 20.1. The first kappa shape index (κ1) is 22.2. The monoisotopic (exact) mass is 428 g/mol. The van der Waals surface area contributed by atoms with Crippen molar-refractivity contribution in [3.63, 3.8) is 0 Å². The highest BCUT2D eigenvalue weighted by Gasteiger charge is 2.51. The van der Waals surface area contributed by atoms with Gasteiger partial charge in [0.25, 0.3) is 0 Å². The van der Waals surface area contributed by atoms with Crippen LogP contribution in [0.15, 0.2) is 18.2 Å². The first-order valence-corrected chi connectivity index (χ1v) is 14.6. The molecule has 168 valence electrons. The fourth-order valence-electron chi connectivity index (χ4n) is 8.06. The lowest BCUT2D eigenvalue weighted by Crippen LogP contribution is -2.54. The van der Waals surface area contributed by atoms with Crippen molar-refractivity contribution in [2.75, 3.05) is 11.1 Å². The molecule has 0 saturated heterocycles. The molecule has 4 heteroatoms. The Balaban J connectivity index is 1.51. The van der Waals surface area contributed by atoms with Crippen molar-refractivity contribution in [1.82, 2.24) is 0 Å². The second-order valence-electron chi connectivity index (χ2n) is 11.9. The van der Waals surface area contributed by atoms with Gasteiger partial charge >= 0.3 is 0 Å². The van der Waals surface area contributed by atoms with Crippen molar-refractivity contribution < 1.29 is 4.43 Å². The lowest BCUT2D eigenvalue weighted by atomic mass is 9.53. The predicted octanol–water partition coefficient (Wildman–Crippen LogP) is 7.34. The minimum Gasteiger partial charge on any atom is -0.412 e. The molecule has 0 heterocycles. The van der Waals surface area contributed by atoms with Crippen LogP contribution in [0.3, 0.4) is 0 Å². The van der Waals surface area contributed by atoms with Crippen LogP contribution in [0.4, 0.5) is 11.4 Å². The Labute approximate surface area is 185 Å². The normalized spacial score (nSPS) is 30.6. The number of hydrogen-bond acceptors (Lipinski definition) is 3. The van der Waals surface area contributed by atoms with Crippen molar-refractivity contribution in [2.45, 2.75) is 109 Å². The molecule has 1 aromatic carbocycles. The minimum absolute atomic E-state index is 0.286. The highest BCUT2D eigenvalue weighted by atomic mass is 28.4. The maximum atomic E-state index is 6.86. The minimum atomic E-state index is -1.86. The fourth-order valence-corrected chi connectivity index (χ4v) is 13.5. The molecule has 4 aliphatic carbocycles. The smallest absolute Gasteiger partial charge is 0.200 e. The molecule has 0 spiro atoms. The van der Waals surface area contributed by atoms with Gasteiger partial charge in [-0.05, 0) is 90.6 Å². The number of hydrogen-bond donors (Lipinski definition) is 2. The van der Waals surface area contributed by atoms with E-state index >= 15 is 0 Å². The van der Waals surface area contributed by atoms with Gasteiger partial charge in [0.1, 0.15) is 0 Å². The number of rotatable bonds is 8. The van der Waals surface area contributed by atoms with Gasteiger partial charge in [0, 0.05) is 5.54 Å². The molecule has 3 N–H and O–H groups in total. The maximum Gasteiger partial charge on any atom is 0.200 e. The number of nitrogens with one attached hydrogen (secondary N) is 1. The van der Waals surface area contributed by atoms with Crippen LogP contribution < -0.4 is 11.1 Å². The van der Waals surface area contributed by atoms with Crippen LogP contribution in [0.25, 0.3) is 0 Å². The van der Waals surface area contributed by atoms with E-state index < -0.39 is 8.32 Å². The topological polar surface area (TPSA) is 47.3 Å². The Morgan fingerprint density at radius 2 is 1.43 bits per heavy atom. The standard InChI is InChI=1S/C26H44N2OSi/c1-17(2)30(18(3)4,19(5)6)29-16-20-7-8-24(27)25(12-20)28-26-13-21-9-22(14-26)11-23(10-21)15-26/h7-8,12,17-19,21-23,28H,9-11,13-16,27H2,1-6H3. The van der Waals surface area contributed by atoms with Gasteiger partial charge in [0.05, 0.1) is 18.0 Å². The molecule has 0 aromatic heterocycles. The van der Waals surface area contributed by atoms with E-state index in [1.54, 1.807) is 0 Å². The van der Waals surface area contributed by atoms with Gasteiger partial charge in [-0.15, -0.1) is 0 Å². The van der Waals surface area contributed by atoms with Crippen LogP contribution in [0, 0.1) is 17.8 Å². The van der Waals surface area contributed by atoms with E-state index in [9.17, 15) is 0 Å². The summed E-state index contributed by atoms with van der Waals surface area (Å²) in [4.78, 5) is 0. The third kappa shape index (κ3) is 3.95. The summed E-state index contributed by atoms with van der Waals surface area (Å²) in [6, 6.07) is 6.54. The molecular formula is C26H44N2OSi. The van der Waals surface area contributed by atoms with Gasteiger partial charge in [-0.1, -0.05) is 47.6 Å². The van der Waals surface area contributed by atoms with Crippen LogP contribution in [-0.2, 0) is 11.0 Å². The Bertz CT molecular complexity index is 700. The Morgan fingerprint density at radius 1 is 0.933 bits per heavy atom. The van der Waals surface area contributed by atoms with Gasteiger partial charge in [-0.25, -0.2) is 0 Å². The summed E-state index contributed by atoms with van der Waals surface area (Å²) in [6.45, 7) is 14.8. The molecule has 30 heavy (non-hydrogen) atoms. The Morgan fingerprint density at radius 3 is 1.90 bits per heavy atom. The van der Waals surface area contributed by atoms with Gasteiger partial charge in [-0.2, -0.15) is 0 Å². The molecule has 0 amide bonds. The van der Waals surface area contributed by atoms with E-state index in [-0.39, 0.29) is 5.54 Å². The summed E-state index contributed by atoms with van der Waals surface area (Å²) in [5, 5.41) is 3.99. The first-order chi connectivity index (χ1) is 14.1. The third-order valence-corrected chi connectivity index (χ3v) is 14.8. The van der Waals surface area contributed by atoms with E-state index in [4.69, 9.17) is 10.2 Å². The number of anilines is 2. The average Bonchev–Trinajstić information content (AvgIpc) is 2.62. The summed E-state index contributed by atoms with van der Waals surface area (Å²) >= 11 is 0. The van der Waals surface area contributed by atoms with Crippen LogP contribution in [0.5, 0.6) is 0 Å². The van der Waals surface area contributed by atoms with Crippen LogP contribution >= 0.6 is 0 Å². The van der Waals surface area contributed by atoms with Crippen LogP contribution in [0.2, 0.25) is 16.6 Å². The number of nitrogens with two attached hydrogens (primary N) is 1. The molecule has 0 unspecified atom stereocenters. The number of nitrogen functional groups attached to an aromatic ring is 1. The molecule has 1 aromatic rings. The van der Waals surface area contributed by atoms with Gasteiger partial charge in [0.15, 0.2) is 0 Å². The summed E-state index contributed by atoms with van der Waals surface area (Å²) in [7, 11) is -1.86. The highest BCUT2D eigenvalue weighted by Crippen LogP contribution is 2.57. The average molecular weight is 429 g/mol. The Hall–Kier alpha value is -1.00. The molecule has 0 atom stereocenters. The predicted molar refractivity (Wildman–Crippen MR) is 131 cm³/mol. The van der Waals surface area contributed by atoms with E-state index in [0.717, 1.165) is 29.1 Å². The fraction of sp³-hybridized carbons (Fsp3) is 0.769. The van der Waals surface area contributed by atoms with Crippen molar-refractivity contribution in [2.24, 2.45) is 17.8 Å². The summed E-state index contributed by atoms with van der Waals surface area (Å²) in [5.41, 5.74) is 11.8. The molecule has 5 rings (SSSR count). The van der Waals surface area contributed by atoms with Gasteiger partial charge in [0.2, 0.25) is 8.32 Å². The molecule has 4 aliphatic rings. The third-order valence-electron chi connectivity index (χ3n) is 8.75. The van der Waals surface area contributed by atoms with Gasteiger partial charge in [-0.3, -0.25) is 0 Å². The maximum absolute atomic E-state index is 6.86. The zero-order valence-corrected chi connectivity index (χ0v) is 21.1. The molecule has 4 fully saturated rings. The first-order valence-electron chi connectivity index (χ1n) is 12.4. The Kier molecular flexibility index (Phi) is 6.04. The van der Waals surface area contributed by atoms with E-state index in [1.165, 1.54) is 44.1 Å². The van der Waals surface area contributed by atoms with Crippen molar-refractivity contribution in [3.8, 4) is 0 Å². The second-order valence-corrected chi connectivity index (χ2v) is 17.3. The SMILES string of the molecule is CC(C)[Si](OCc1ccc(N)c(NC23CC4CC(CC(C4)C2)C3)c1)(C(C)C)C(C)C. The van der Waals surface area contributed by atoms with E-state index in [0.29, 0.717) is 23.2 Å². The van der Waals surface area contributed by atoms with E-state index in [2.05, 4.69) is 65.1 Å². The molecule has 4 bridgehead atoms. The number of benzene rings is 1. The highest BCUT2D eigenvalue weighted by molar-refractivity contribution is 6.77. The zero-order chi connectivity index (χ0) is 21.7. The summed E-state index contributed by atoms with van der Waals surface area (Å²) < 4.78 is 6.86. The van der Waals surface area contributed by atoms with Gasteiger partial charge < -0.3 is 15.5 Å². The molecular weight excluding hydrogens is 384 g/mol. The van der Waals surface area contributed by atoms with Crippen molar-refractivity contribution in [1.29, 1.82) is 0 Å².